The van der Waals surface area contributed by atoms with E-state index in [-0.39, 0.29) is 0 Å². The van der Waals surface area contributed by atoms with Crippen molar-refractivity contribution in [3.05, 3.63) is 23.1 Å². The van der Waals surface area contributed by atoms with Crippen molar-refractivity contribution in [1.82, 2.24) is 0 Å². The van der Waals surface area contributed by atoms with Gasteiger partial charge in [-0.25, -0.2) is 0 Å². The smallest absolute Gasteiger partial charge is 0.110 e. The Hall–Kier alpha value is -1.18. The minimum Gasteiger partial charge on any atom is -0.399 e. The number of rotatable bonds is 0. The molecule has 1 aromatic carbocycles. The Kier molecular flexibility index (Phi) is 1.91. The summed E-state index contributed by atoms with van der Waals surface area (Å²) in [6.07, 6.45) is 0. The van der Waals surface area contributed by atoms with E-state index in [9.17, 15) is 0 Å². The van der Waals surface area contributed by atoms with E-state index in [1.165, 1.54) is 11.3 Å². The van der Waals surface area contributed by atoms with E-state index >= 15 is 0 Å². The molecule has 1 heterocycles. The van der Waals surface area contributed by atoms with Gasteiger partial charge in [0.15, 0.2) is 0 Å². The third kappa shape index (κ3) is 1.37. The van der Waals surface area contributed by atoms with Crippen LogP contribution in [0.15, 0.2) is 23.1 Å². The molecule has 0 saturated carbocycles. The maximum absolute atomic E-state index is 8.70. The van der Waals surface area contributed by atoms with Crippen molar-refractivity contribution in [1.29, 1.82) is 5.26 Å². The molecule has 64 valence electrons. The lowest BCUT2D eigenvalue weighted by Gasteiger charge is -1.96. The van der Waals surface area contributed by atoms with Crippen LogP contribution in [0.25, 0.3) is 10.1 Å². The number of nitriles is 1. The highest BCUT2D eigenvalue weighted by Crippen LogP contribution is 2.31. The molecule has 0 saturated heterocycles. The Balaban J connectivity index is 2.84. The van der Waals surface area contributed by atoms with Crippen molar-refractivity contribution in [2.24, 2.45) is 0 Å². The first-order valence-electron chi connectivity index (χ1n) is 3.63. The normalized spacial score (nSPS) is 10.2. The Bertz CT molecular complexity index is 508. The van der Waals surface area contributed by atoms with Crippen LogP contribution in [0, 0.1) is 11.3 Å². The number of nitrogens with zero attached hydrogens (tertiary/aromatic N) is 1. The highest BCUT2D eigenvalue weighted by molar-refractivity contribution is 7.80. The van der Waals surface area contributed by atoms with Crippen LogP contribution in [0.5, 0.6) is 0 Å². The topological polar surface area (TPSA) is 49.8 Å². The number of nitrogen functional groups attached to an aromatic ring is 1. The number of thiol groups is 1. The van der Waals surface area contributed by atoms with Gasteiger partial charge in [0.05, 0.1) is 0 Å². The summed E-state index contributed by atoms with van der Waals surface area (Å²) < 4.78 is 1.02. The summed E-state index contributed by atoms with van der Waals surface area (Å²) in [5, 5.41) is 9.70. The second-order valence-electron chi connectivity index (χ2n) is 2.67. The Morgan fingerprint density at radius 2 is 2.15 bits per heavy atom. The second-order valence-corrected chi connectivity index (χ2v) is 4.24. The summed E-state index contributed by atoms with van der Waals surface area (Å²) in [5.41, 5.74) is 6.33. The summed E-state index contributed by atoms with van der Waals surface area (Å²) in [6, 6.07) is 7.59. The van der Waals surface area contributed by atoms with Gasteiger partial charge in [-0.1, -0.05) is 0 Å². The van der Waals surface area contributed by atoms with E-state index < -0.39 is 0 Å². The largest absolute Gasteiger partial charge is 0.399 e. The van der Waals surface area contributed by atoms with E-state index in [1.54, 1.807) is 6.07 Å². The Morgan fingerprint density at radius 1 is 1.38 bits per heavy atom. The van der Waals surface area contributed by atoms with Crippen LogP contribution < -0.4 is 5.73 Å². The van der Waals surface area contributed by atoms with Crippen LogP contribution in [-0.4, -0.2) is 0 Å². The summed E-state index contributed by atoms with van der Waals surface area (Å²) in [7, 11) is 0. The third-order valence-corrected chi connectivity index (χ3v) is 3.10. The second kappa shape index (κ2) is 2.95. The highest BCUT2D eigenvalue weighted by Gasteiger charge is 2.04. The molecule has 0 fully saturated rings. The number of thiophene rings is 1. The number of fused-ring (bicyclic) bond motifs is 1. The molecule has 0 atom stereocenters. The van der Waals surface area contributed by atoms with Crippen molar-refractivity contribution in [3.63, 3.8) is 0 Å². The molecule has 0 bridgehead atoms. The van der Waals surface area contributed by atoms with Crippen molar-refractivity contribution in [3.8, 4) is 6.07 Å². The molecule has 13 heavy (non-hydrogen) atoms. The number of anilines is 1. The predicted molar refractivity (Wildman–Crippen MR) is 58.2 cm³/mol. The molecular weight excluding hydrogens is 200 g/mol. The fourth-order valence-corrected chi connectivity index (χ4v) is 2.54. The van der Waals surface area contributed by atoms with Crippen LogP contribution in [0.4, 0.5) is 5.69 Å². The summed E-state index contributed by atoms with van der Waals surface area (Å²) in [6.45, 7) is 0. The van der Waals surface area contributed by atoms with Gasteiger partial charge >= 0.3 is 0 Å². The Labute approximate surface area is 85.0 Å². The van der Waals surface area contributed by atoms with Gasteiger partial charge in [0.2, 0.25) is 0 Å². The SMILES string of the molecule is N#Cc1cc2c(S)cc(N)cc2s1. The van der Waals surface area contributed by atoms with Crippen molar-refractivity contribution < 1.29 is 0 Å². The molecule has 0 aliphatic carbocycles. The molecule has 2 N–H and O–H groups in total. The summed E-state index contributed by atoms with van der Waals surface area (Å²) >= 11 is 5.73. The lowest BCUT2D eigenvalue weighted by atomic mass is 10.2. The molecular formula is C9H6N2S2. The van der Waals surface area contributed by atoms with Crippen LogP contribution in [0.3, 0.4) is 0 Å². The van der Waals surface area contributed by atoms with Gasteiger partial charge < -0.3 is 5.73 Å². The monoisotopic (exact) mass is 206 g/mol. The zero-order chi connectivity index (χ0) is 9.42. The fourth-order valence-electron chi connectivity index (χ4n) is 1.20. The molecule has 2 rings (SSSR count). The maximum atomic E-state index is 8.70. The first kappa shape index (κ1) is 8.42. The van der Waals surface area contributed by atoms with Crippen molar-refractivity contribution >= 4 is 39.7 Å². The van der Waals surface area contributed by atoms with Gasteiger partial charge in [0.1, 0.15) is 10.9 Å². The quantitative estimate of drug-likeness (QED) is 0.514. The van der Waals surface area contributed by atoms with Crippen LogP contribution in [-0.2, 0) is 0 Å². The van der Waals surface area contributed by atoms with Crippen molar-refractivity contribution in [2.75, 3.05) is 5.73 Å². The molecule has 0 unspecified atom stereocenters. The molecule has 0 aliphatic rings. The number of benzene rings is 1. The fraction of sp³-hybridized carbons (Fsp3) is 0. The van der Waals surface area contributed by atoms with Crippen LogP contribution in [0.1, 0.15) is 4.88 Å². The average molecular weight is 206 g/mol. The molecule has 4 heteroatoms. The van der Waals surface area contributed by atoms with E-state index in [1.807, 2.05) is 12.1 Å². The zero-order valence-electron chi connectivity index (χ0n) is 6.61. The minimum atomic E-state index is 0.684. The van der Waals surface area contributed by atoms with E-state index in [0.717, 1.165) is 15.0 Å². The molecule has 1 aromatic heterocycles. The van der Waals surface area contributed by atoms with Gasteiger partial charge in [-0.2, -0.15) is 5.26 Å². The molecule has 2 aromatic rings. The molecule has 0 aliphatic heterocycles. The molecule has 2 nitrogen and oxygen atoms in total. The number of hydrogen-bond donors (Lipinski definition) is 2. The van der Waals surface area contributed by atoms with Crippen LogP contribution in [0.2, 0.25) is 0 Å². The average Bonchev–Trinajstić information content (AvgIpc) is 2.47. The molecule has 0 amide bonds. The minimum absolute atomic E-state index is 0.684. The highest BCUT2D eigenvalue weighted by atomic mass is 32.1. The maximum Gasteiger partial charge on any atom is 0.110 e. The summed E-state index contributed by atoms with van der Waals surface area (Å²) in [4.78, 5) is 1.52. The first-order chi connectivity index (χ1) is 6.20. The van der Waals surface area contributed by atoms with E-state index in [4.69, 9.17) is 11.0 Å². The zero-order valence-corrected chi connectivity index (χ0v) is 8.32. The van der Waals surface area contributed by atoms with Gasteiger partial charge in [-0.15, -0.1) is 24.0 Å². The first-order valence-corrected chi connectivity index (χ1v) is 4.89. The Morgan fingerprint density at radius 3 is 2.85 bits per heavy atom. The molecule has 0 spiro atoms. The standard InChI is InChI=1S/C9H6N2S2/c10-4-6-3-7-8(12)1-5(11)2-9(7)13-6/h1-3,12H,11H2. The lowest BCUT2D eigenvalue weighted by Crippen LogP contribution is -1.82. The van der Waals surface area contributed by atoms with E-state index in [2.05, 4.69) is 18.7 Å². The van der Waals surface area contributed by atoms with Crippen LogP contribution >= 0.6 is 24.0 Å². The van der Waals surface area contributed by atoms with Gasteiger partial charge in [-0.05, 0) is 18.2 Å². The van der Waals surface area contributed by atoms with Gasteiger partial charge in [0.25, 0.3) is 0 Å². The van der Waals surface area contributed by atoms with E-state index in [0.29, 0.717) is 10.6 Å². The number of nitrogens with two attached hydrogens (primary N) is 1. The van der Waals surface area contributed by atoms with Gasteiger partial charge in [0, 0.05) is 20.7 Å². The lowest BCUT2D eigenvalue weighted by molar-refractivity contribution is 1.52. The van der Waals surface area contributed by atoms with Gasteiger partial charge in [-0.3, -0.25) is 0 Å². The third-order valence-electron chi connectivity index (χ3n) is 1.75. The molecule has 0 radical (unpaired) electrons. The number of hydrogen-bond acceptors (Lipinski definition) is 4. The summed E-state index contributed by atoms with van der Waals surface area (Å²) in [5.74, 6) is 0. The van der Waals surface area contributed by atoms with Crippen molar-refractivity contribution in [2.45, 2.75) is 4.90 Å². The predicted octanol–water partition coefficient (Wildman–Crippen LogP) is 2.64.